The number of H-pyrrole nitrogens is 1. The van der Waals surface area contributed by atoms with Crippen LogP contribution in [0.3, 0.4) is 0 Å². The average Bonchev–Trinajstić information content (AvgIpc) is 2.82. The van der Waals surface area contributed by atoms with Crippen molar-refractivity contribution < 1.29 is 9.53 Å². The van der Waals surface area contributed by atoms with E-state index in [0.717, 1.165) is 22.2 Å². The van der Waals surface area contributed by atoms with Crippen molar-refractivity contribution in [3.8, 4) is 5.75 Å². The molecule has 21 heavy (non-hydrogen) atoms. The summed E-state index contributed by atoms with van der Waals surface area (Å²) in [6.07, 6.45) is 5.80. The fraction of sp³-hybridized carbons (Fsp3) is 0.500. The first-order valence-corrected chi connectivity index (χ1v) is 7.97. The first-order chi connectivity index (χ1) is 10.1. The third kappa shape index (κ3) is 2.06. The van der Waals surface area contributed by atoms with E-state index in [-0.39, 0.29) is 12.0 Å². The second-order valence-electron chi connectivity index (χ2n) is 6.72. The van der Waals surface area contributed by atoms with Gasteiger partial charge in [0.1, 0.15) is 5.75 Å². The molecule has 0 saturated heterocycles. The van der Waals surface area contributed by atoms with E-state index in [2.05, 4.69) is 4.98 Å². The third-order valence-electron chi connectivity index (χ3n) is 5.00. The Kier molecular flexibility index (Phi) is 2.84. The summed E-state index contributed by atoms with van der Waals surface area (Å²) >= 11 is 0. The summed E-state index contributed by atoms with van der Waals surface area (Å²) in [6, 6.07) is 5.95. The van der Waals surface area contributed by atoms with E-state index in [4.69, 9.17) is 4.74 Å². The molecule has 2 atom stereocenters. The Balaban J connectivity index is 1.67. The molecule has 0 spiro atoms. The number of ether oxygens (including phenoxy) is 1. The Labute approximate surface area is 124 Å². The molecule has 1 heterocycles. The number of Topliss-reactive ketones (excluding diaryl/α,β-unsaturated/α-hetero) is 1. The van der Waals surface area contributed by atoms with E-state index in [1.54, 1.807) is 0 Å². The molecule has 4 rings (SSSR count). The van der Waals surface area contributed by atoms with Gasteiger partial charge in [0.15, 0.2) is 5.78 Å². The molecule has 1 aromatic heterocycles. The second kappa shape index (κ2) is 4.62. The molecule has 2 saturated carbocycles. The summed E-state index contributed by atoms with van der Waals surface area (Å²) in [5.41, 5.74) is 1.86. The number of rotatable bonds is 4. The fourth-order valence-electron chi connectivity index (χ4n) is 4.04. The topological polar surface area (TPSA) is 42.1 Å². The highest BCUT2D eigenvalue weighted by atomic mass is 16.5. The molecule has 0 aliphatic heterocycles. The van der Waals surface area contributed by atoms with E-state index >= 15 is 0 Å². The summed E-state index contributed by atoms with van der Waals surface area (Å²) < 4.78 is 5.75. The van der Waals surface area contributed by atoms with Crippen molar-refractivity contribution in [2.45, 2.75) is 39.2 Å². The third-order valence-corrected chi connectivity index (χ3v) is 5.00. The van der Waals surface area contributed by atoms with Crippen LogP contribution in [-0.2, 0) is 0 Å². The van der Waals surface area contributed by atoms with Crippen molar-refractivity contribution in [1.29, 1.82) is 0 Å². The quantitative estimate of drug-likeness (QED) is 0.855. The number of aromatic amines is 1. The van der Waals surface area contributed by atoms with Crippen LogP contribution >= 0.6 is 0 Å². The van der Waals surface area contributed by atoms with Crippen molar-refractivity contribution in [1.82, 2.24) is 4.98 Å². The fourth-order valence-corrected chi connectivity index (χ4v) is 4.04. The van der Waals surface area contributed by atoms with E-state index in [9.17, 15) is 4.79 Å². The number of hydrogen-bond acceptors (Lipinski definition) is 2. The molecule has 1 N–H and O–H groups in total. The van der Waals surface area contributed by atoms with Crippen molar-refractivity contribution >= 4 is 16.7 Å². The van der Waals surface area contributed by atoms with Gasteiger partial charge < -0.3 is 9.72 Å². The number of nitrogens with one attached hydrogen (secondary N) is 1. The largest absolute Gasteiger partial charge is 0.491 e. The van der Waals surface area contributed by atoms with Gasteiger partial charge in [0.25, 0.3) is 0 Å². The van der Waals surface area contributed by atoms with E-state index in [0.29, 0.717) is 17.6 Å². The van der Waals surface area contributed by atoms with Crippen LogP contribution < -0.4 is 4.74 Å². The van der Waals surface area contributed by atoms with Crippen molar-refractivity contribution in [2.24, 2.45) is 17.8 Å². The monoisotopic (exact) mass is 283 g/mol. The maximum atomic E-state index is 12.8. The summed E-state index contributed by atoms with van der Waals surface area (Å²) in [5, 5.41) is 1.00. The van der Waals surface area contributed by atoms with Crippen LogP contribution in [-0.4, -0.2) is 16.9 Å². The van der Waals surface area contributed by atoms with Crippen molar-refractivity contribution in [3.05, 3.63) is 30.0 Å². The molecule has 3 heteroatoms. The van der Waals surface area contributed by atoms with Gasteiger partial charge in [-0.25, -0.2) is 0 Å². The molecule has 3 nitrogen and oxygen atoms in total. The lowest BCUT2D eigenvalue weighted by atomic mass is 10.0. The minimum Gasteiger partial charge on any atom is -0.491 e. The van der Waals surface area contributed by atoms with Crippen LogP contribution in [0.1, 0.15) is 43.5 Å². The standard InChI is InChI=1S/C18H21NO2/c1-10(2)21-11-6-7-16-14(8-11)15(9-19-16)18(20)17-12-4-3-5-13(12)17/h6-10,12-13,17,19H,3-5H2,1-2H3. The number of carbonyl (C=O) groups excluding carboxylic acids is 1. The molecule has 1 aromatic carbocycles. The lowest BCUT2D eigenvalue weighted by molar-refractivity contribution is 0.0953. The predicted molar refractivity (Wildman–Crippen MR) is 82.7 cm³/mol. The number of carbonyl (C=O) groups is 1. The average molecular weight is 283 g/mol. The smallest absolute Gasteiger partial charge is 0.168 e. The van der Waals surface area contributed by atoms with E-state index < -0.39 is 0 Å². The van der Waals surface area contributed by atoms with Gasteiger partial charge >= 0.3 is 0 Å². The van der Waals surface area contributed by atoms with Crippen molar-refractivity contribution in [2.75, 3.05) is 0 Å². The highest BCUT2D eigenvalue weighted by Gasteiger charge is 2.56. The van der Waals surface area contributed by atoms with Gasteiger partial charge in [-0.05, 0) is 56.7 Å². The van der Waals surface area contributed by atoms with Crippen LogP contribution in [0.25, 0.3) is 10.9 Å². The van der Waals surface area contributed by atoms with Gasteiger partial charge in [-0.3, -0.25) is 4.79 Å². The van der Waals surface area contributed by atoms with Crippen LogP contribution in [0.4, 0.5) is 0 Å². The molecule has 110 valence electrons. The molecular weight excluding hydrogens is 262 g/mol. The van der Waals surface area contributed by atoms with Crippen LogP contribution in [0.5, 0.6) is 5.75 Å². The Morgan fingerprint density at radius 3 is 2.76 bits per heavy atom. The summed E-state index contributed by atoms with van der Waals surface area (Å²) in [4.78, 5) is 16.0. The molecule has 2 aliphatic carbocycles. The lowest BCUT2D eigenvalue weighted by Crippen LogP contribution is -2.06. The molecule has 2 aromatic rings. The highest BCUT2D eigenvalue weighted by Crippen LogP contribution is 2.58. The summed E-state index contributed by atoms with van der Waals surface area (Å²) in [6.45, 7) is 4.03. The van der Waals surface area contributed by atoms with Crippen LogP contribution in [0.15, 0.2) is 24.4 Å². The number of aromatic nitrogens is 1. The van der Waals surface area contributed by atoms with Crippen molar-refractivity contribution in [3.63, 3.8) is 0 Å². The number of hydrogen-bond donors (Lipinski definition) is 1. The molecule has 0 bridgehead atoms. The molecule has 2 aliphatic rings. The highest BCUT2D eigenvalue weighted by molar-refractivity contribution is 6.10. The molecule has 0 amide bonds. The molecular formula is C18H21NO2. The van der Waals surface area contributed by atoms with Gasteiger partial charge in [0, 0.05) is 28.6 Å². The molecule has 2 fully saturated rings. The molecule has 0 radical (unpaired) electrons. The van der Waals surface area contributed by atoms with Gasteiger partial charge in [-0.1, -0.05) is 6.42 Å². The minimum absolute atomic E-state index is 0.142. The lowest BCUT2D eigenvalue weighted by Gasteiger charge is -2.09. The second-order valence-corrected chi connectivity index (χ2v) is 6.72. The Bertz CT molecular complexity index is 690. The summed E-state index contributed by atoms with van der Waals surface area (Å²) in [7, 11) is 0. The zero-order valence-corrected chi connectivity index (χ0v) is 12.6. The van der Waals surface area contributed by atoms with Gasteiger partial charge in [-0.15, -0.1) is 0 Å². The van der Waals surface area contributed by atoms with Gasteiger partial charge in [-0.2, -0.15) is 0 Å². The summed E-state index contributed by atoms with van der Waals surface area (Å²) in [5.74, 6) is 2.78. The SMILES string of the molecule is CC(C)Oc1ccc2[nH]cc(C(=O)C3C4CCCC43)c2c1. The van der Waals surface area contributed by atoms with Crippen LogP contribution in [0.2, 0.25) is 0 Å². The predicted octanol–water partition coefficient (Wildman–Crippen LogP) is 4.18. The van der Waals surface area contributed by atoms with E-state index in [1.165, 1.54) is 19.3 Å². The first kappa shape index (κ1) is 12.9. The number of ketones is 1. The number of benzene rings is 1. The zero-order chi connectivity index (χ0) is 14.6. The normalized spacial score (nSPS) is 27.1. The number of fused-ring (bicyclic) bond motifs is 2. The molecule has 2 unspecified atom stereocenters. The van der Waals surface area contributed by atoms with Gasteiger partial charge in [0.2, 0.25) is 0 Å². The van der Waals surface area contributed by atoms with E-state index in [1.807, 2.05) is 38.2 Å². The van der Waals surface area contributed by atoms with Gasteiger partial charge in [0.05, 0.1) is 6.10 Å². The van der Waals surface area contributed by atoms with Crippen LogP contribution in [0, 0.1) is 17.8 Å². The Hall–Kier alpha value is -1.77. The maximum absolute atomic E-state index is 12.8. The Morgan fingerprint density at radius 2 is 2.05 bits per heavy atom. The first-order valence-electron chi connectivity index (χ1n) is 7.97. The minimum atomic E-state index is 0.142. The zero-order valence-electron chi connectivity index (χ0n) is 12.6. The maximum Gasteiger partial charge on any atom is 0.168 e. The Morgan fingerprint density at radius 1 is 1.29 bits per heavy atom.